The quantitative estimate of drug-likeness (QED) is 0.606. The van der Waals surface area contributed by atoms with Crippen molar-refractivity contribution >= 4 is 27.8 Å². The molecule has 0 unspecified atom stereocenters. The van der Waals surface area contributed by atoms with Crippen molar-refractivity contribution in [3.8, 4) is 0 Å². The molecule has 0 aliphatic rings. The Morgan fingerprint density at radius 1 is 1.00 bits per heavy atom. The summed E-state index contributed by atoms with van der Waals surface area (Å²) in [6, 6.07) is 17.1. The predicted molar refractivity (Wildman–Crippen MR) is 73.9 cm³/mol. The van der Waals surface area contributed by atoms with Crippen LogP contribution in [0.2, 0.25) is 0 Å². The molecule has 0 atom stereocenters. The standard InChI is InChI=1S/C15H11BrO/c16-14-8-4-5-12(11-14)9-10-15(17)13-6-2-1-3-7-13/h1-11H/b10-9+. The number of allylic oxidation sites excluding steroid dienone is 1. The fraction of sp³-hybridized carbons (Fsp3) is 0. The molecule has 0 saturated carbocycles. The van der Waals surface area contributed by atoms with Crippen molar-refractivity contribution in [2.45, 2.75) is 0 Å². The summed E-state index contributed by atoms with van der Waals surface area (Å²) in [6.07, 6.45) is 3.41. The van der Waals surface area contributed by atoms with Crippen molar-refractivity contribution in [1.29, 1.82) is 0 Å². The van der Waals surface area contributed by atoms with Crippen LogP contribution in [0, 0.1) is 0 Å². The van der Waals surface area contributed by atoms with Gasteiger partial charge in [0.1, 0.15) is 0 Å². The van der Waals surface area contributed by atoms with Crippen LogP contribution in [0.3, 0.4) is 0 Å². The Labute approximate surface area is 109 Å². The van der Waals surface area contributed by atoms with Crippen LogP contribution in [0.15, 0.2) is 65.1 Å². The summed E-state index contributed by atoms with van der Waals surface area (Å²) in [5.74, 6) is 0.0191. The van der Waals surface area contributed by atoms with Crippen LogP contribution in [0.1, 0.15) is 15.9 Å². The molecule has 0 amide bonds. The fourth-order valence-electron chi connectivity index (χ4n) is 1.48. The van der Waals surface area contributed by atoms with Crippen LogP contribution in [0.5, 0.6) is 0 Å². The molecule has 84 valence electrons. The molecule has 0 heterocycles. The molecule has 17 heavy (non-hydrogen) atoms. The van der Waals surface area contributed by atoms with Crippen LogP contribution < -0.4 is 0 Å². The van der Waals surface area contributed by atoms with Crippen molar-refractivity contribution in [3.63, 3.8) is 0 Å². The molecule has 2 rings (SSSR count). The van der Waals surface area contributed by atoms with E-state index in [0.29, 0.717) is 5.56 Å². The van der Waals surface area contributed by atoms with E-state index in [1.807, 2.05) is 60.7 Å². The number of hydrogen-bond donors (Lipinski definition) is 0. The van der Waals surface area contributed by atoms with E-state index in [-0.39, 0.29) is 5.78 Å². The zero-order valence-corrected chi connectivity index (χ0v) is 10.7. The molecular weight excluding hydrogens is 276 g/mol. The minimum Gasteiger partial charge on any atom is -0.289 e. The summed E-state index contributed by atoms with van der Waals surface area (Å²) in [5, 5.41) is 0. The first-order valence-electron chi connectivity index (χ1n) is 5.29. The van der Waals surface area contributed by atoms with Crippen LogP contribution >= 0.6 is 15.9 Å². The molecule has 0 fully saturated rings. The van der Waals surface area contributed by atoms with Gasteiger partial charge in [-0.2, -0.15) is 0 Å². The lowest BCUT2D eigenvalue weighted by Crippen LogP contribution is -1.92. The topological polar surface area (TPSA) is 17.1 Å². The number of hydrogen-bond acceptors (Lipinski definition) is 1. The molecule has 0 spiro atoms. The van der Waals surface area contributed by atoms with E-state index in [1.165, 1.54) is 0 Å². The van der Waals surface area contributed by atoms with Crippen LogP contribution in [-0.2, 0) is 0 Å². The van der Waals surface area contributed by atoms with Gasteiger partial charge in [0.15, 0.2) is 5.78 Å². The third kappa shape index (κ3) is 3.40. The third-order valence-corrected chi connectivity index (χ3v) is 2.83. The minimum absolute atomic E-state index is 0.0191. The number of rotatable bonds is 3. The van der Waals surface area contributed by atoms with Crippen molar-refractivity contribution < 1.29 is 4.79 Å². The van der Waals surface area contributed by atoms with E-state index in [0.717, 1.165) is 10.0 Å². The number of benzene rings is 2. The Bertz CT molecular complexity index is 544. The van der Waals surface area contributed by atoms with E-state index >= 15 is 0 Å². The van der Waals surface area contributed by atoms with Gasteiger partial charge in [-0.05, 0) is 23.8 Å². The molecule has 0 saturated heterocycles. The van der Waals surface area contributed by atoms with E-state index in [2.05, 4.69) is 15.9 Å². The molecule has 2 heteroatoms. The lowest BCUT2D eigenvalue weighted by molar-refractivity contribution is 0.104. The lowest BCUT2D eigenvalue weighted by Gasteiger charge is -1.95. The van der Waals surface area contributed by atoms with Gasteiger partial charge in [0, 0.05) is 10.0 Å². The van der Waals surface area contributed by atoms with Crippen molar-refractivity contribution in [1.82, 2.24) is 0 Å². The first-order valence-corrected chi connectivity index (χ1v) is 6.08. The van der Waals surface area contributed by atoms with Gasteiger partial charge in [-0.25, -0.2) is 0 Å². The smallest absolute Gasteiger partial charge is 0.185 e. The predicted octanol–water partition coefficient (Wildman–Crippen LogP) is 4.35. The first-order chi connectivity index (χ1) is 8.25. The number of carbonyl (C=O) groups is 1. The van der Waals surface area contributed by atoms with E-state index < -0.39 is 0 Å². The monoisotopic (exact) mass is 286 g/mol. The highest BCUT2D eigenvalue weighted by atomic mass is 79.9. The fourth-order valence-corrected chi connectivity index (χ4v) is 1.90. The maximum Gasteiger partial charge on any atom is 0.185 e. The second-order valence-electron chi connectivity index (χ2n) is 3.62. The molecule has 0 aliphatic carbocycles. The number of carbonyl (C=O) groups excluding carboxylic acids is 1. The van der Waals surface area contributed by atoms with Gasteiger partial charge in [0.25, 0.3) is 0 Å². The maximum atomic E-state index is 11.8. The van der Waals surface area contributed by atoms with Gasteiger partial charge >= 0.3 is 0 Å². The molecule has 0 aliphatic heterocycles. The van der Waals surface area contributed by atoms with Gasteiger partial charge in [-0.3, -0.25) is 4.79 Å². The van der Waals surface area contributed by atoms with Crippen LogP contribution in [0.25, 0.3) is 6.08 Å². The average Bonchev–Trinajstić information content (AvgIpc) is 2.37. The summed E-state index contributed by atoms with van der Waals surface area (Å²) in [6.45, 7) is 0. The first kappa shape index (κ1) is 11.8. The lowest BCUT2D eigenvalue weighted by atomic mass is 10.1. The zero-order valence-electron chi connectivity index (χ0n) is 9.14. The van der Waals surface area contributed by atoms with Crippen molar-refractivity contribution in [2.75, 3.05) is 0 Å². The van der Waals surface area contributed by atoms with Gasteiger partial charge in [-0.15, -0.1) is 0 Å². The molecule has 0 bridgehead atoms. The SMILES string of the molecule is O=C(/C=C/c1cccc(Br)c1)c1ccccc1. The second-order valence-corrected chi connectivity index (χ2v) is 4.53. The molecule has 2 aromatic carbocycles. The zero-order chi connectivity index (χ0) is 12.1. The Hall–Kier alpha value is -1.67. The summed E-state index contributed by atoms with van der Waals surface area (Å²) in [5.41, 5.74) is 1.71. The Morgan fingerprint density at radius 3 is 2.47 bits per heavy atom. The van der Waals surface area contributed by atoms with Gasteiger partial charge < -0.3 is 0 Å². The normalized spacial score (nSPS) is 10.6. The van der Waals surface area contributed by atoms with Crippen molar-refractivity contribution in [2.24, 2.45) is 0 Å². The highest BCUT2D eigenvalue weighted by Crippen LogP contribution is 2.13. The molecule has 2 aromatic rings. The molecule has 0 N–H and O–H groups in total. The molecule has 0 aromatic heterocycles. The van der Waals surface area contributed by atoms with Gasteiger partial charge in [-0.1, -0.05) is 64.5 Å². The maximum absolute atomic E-state index is 11.8. The van der Waals surface area contributed by atoms with E-state index in [4.69, 9.17) is 0 Å². The Kier molecular flexibility index (Phi) is 3.89. The van der Waals surface area contributed by atoms with E-state index in [1.54, 1.807) is 6.08 Å². The minimum atomic E-state index is 0.0191. The van der Waals surface area contributed by atoms with Crippen LogP contribution in [-0.4, -0.2) is 5.78 Å². The molecule has 0 radical (unpaired) electrons. The molecular formula is C15H11BrO. The number of ketones is 1. The Morgan fingerprint density at radius 2 is 1.76 bits per heavy atom. The highest BCUT2D eigenvalue weighted by molar-refractivity contribution is 9.10. The second kappa shape index (κ2) is 5.60. The van der Waals surface area contributed by atoms with Crippen molar-refractivity contribution in [3.05, 3.63) is 76.3 Å². The summed E-state index contributed by atoms with van der Waals surface area (Å²) >= 11 is 3.40. The molecule has 1 nitrogen and oxygen atoms in total. The largest absolute Gasteiger partial charge is 0.289 e. The van der Waals surface area contributed by atoms with Gasteiger partial charge in [0.2, 0.25) is 0 Å². The van der Waals surface area contributed by atoms with Crippen LogP contribution in [0.4, 0.5) is 0 Å². The summed E-state index contributed by atoms with van der Waals surface area (Å²) in [7, 11) is 0. The van der Waals surface area contributed by atoms with Gasteiger partial charge in [0.05, 0.1) is 0 Å². The van der Waals surface area contributed by atoms with E-state index in [9.17, 15) is 4.79 Å². The number of halogens is 1. The highest BCUT2D eigenvalue weighted by Gasteiger charge is 1.99. The average molecular weight is 287 g/mol. The summed E-state index contributed by atoms with van der Waals surface area (Å²) in [4.78, 5) is 11.8. The Balaban J connectivity index is 2.14. The summed E-state index contributed by atoms with van der Waals surface area (Å²) < 4.78 is 1.01. The third-order valence-electron chi connectivity index (χ3n) is 2.33.